The predicted molar refractivity (Wildman–Crippen MR) is 72.2 cm³/mol. The second kappa shape index (κ2) is 6.78. The van der Waals surface area contributed by atoms with Gasteiger partial charge in [0.15, 0.2) is 0 Å². The molecule has 0 bridgehead atoms. The van der Waals surface area contributed by atoms with Crippen molar-refractivity contribution >= 4 is 17.6 Å². The van der Waals surface area contributed by atoms with E-state index in [1.165, 1.54) is 19.1 Å². The average Bonchev–Trinajstić information content (AvgIpc) is 2.46. The van der Waals surface area contributed by atoms with Crippen LogP contribution in [-0.4, -0.2) is 33.1 Å². The molecule has 0 fully saturated rings. The Bertz CT molecular complexity index is 459. The zero-order valence-electron chi connectivity index (χ0n) is 11.7. The maximum Gasteiger partial charge on any atom is 0.318 e. The number of methoxy groups -OCH3 is 2. The van der Waals surface area contributed by atoms with Crippen LogP contribution in [0.15, 0.2) is 24.3 Å². The lowest BCUT2D eigenvalue weighted by Crippen LogP contribution is -2.37. The van der Waals surface area contributed by atoms with Crippen molar-refractivity contribution < 1.29 is 19.1 Å². The topological polar surface area (TPSA) is 55.8 Å². The SMILES string of the molecule is CCC(C(=O)OC)C(=O)N(C)c1ccccc1OC. The van der Waals surface area contributed by atoms with Crippen molar-refractivity contribution in [2.75, 3.05) is 26.2 Å². The summed E-state index contributed by atoms with van der Waals surface area (Å²) in [6.45, 7) is 1.77. The molecule has 1 atom stereocenters. The van der Waals surface area contributed by atoms with Crippen LogP contribution in [0.4, 0.5) is 5.69 Å². The third-order valence-corrected chi connectivity index (χ3v) is 2.97. The second-order valence-electron chi connectivity index (χ2n) is 4.05. The van der Waals surface area contributed by atoms with Crippen LogP contribution >= 0.6 is 0 Å². The van der Waals surface area contributed by atoms with Crippen LogP contribution in [-0.2, 0) is 14.3 Å². The number of benzene rings is 1. The van der Waals surface area contributed by atoms with Gasteiger partial charge in [0, 0.05) is 7.05 Å². The number of ether oxygens (including phenoxy) is 2. The number of hydrogen-bond donors (Lipinski definition) is 0. The third-order valence-electron chi connectivity index (χ3n) is 2.97. The Morgan fingerprint density at radius 3 is 2.42 bits per heavy atom. The van der Waals surface area contributed by atoms with Crippen LogP contribution in [0.25, 0.3) is 0 Å². The molecule has 0 aromatic heterocycles. The van der Waals surface area contributed by atoms with E-state index < -0.39 is 11.9 Å². The molecule has 0 aliphatic carbocycles. The third kappa shape index (κ3) is 3.24. The van der Waals surface area contributed by atoms with E-state index in [1.54, 1.807) is 32.2 Å². The van der Waals surface area contributed by atoms with Gasteiger partial charge >= 0.3 is 5.97 Å². The maximum atomic E-state index is 12.3. The lowest BCUT2D eigenvalue weighted by Gasteiger charge is -2.23. The number of para-hydroxylation sites is 2. The average molecular weight is 265 g/mol. The summed E-state index contributed by atoms with van der Waals surface area (Å²) >= 11 is 0. The van der Waals surface area contributed by atoms with Crippen molar-refractivity contribution in [2.24, 2.45) is 5.92 Å². The van der Waals surface area contributed by atoms with Crippen LogP contribution in [0.2, 0.25) is 0 Å². The fourth-order valence-electron chi connectivity index (χ4n) is 1.84. The summed E-state index contributed by atoms with van der Waals surface area (Å²) in [4.78, 5) is 25.3. The van der Waals surface area contributed by atoms with Crippen LogP contribution < -0.4 is 9.64 Å². The Kier molecular flexibility index (Phi) is 5.36. The molecular weight excluding hydrogens is 246 g/mol. The van der Waals surface area contributed by atoms with Crippen LogP contribution in [0.3, 0.4) is 0 Å². The molecule has 1 amide bonds. The van der Waals surface area contributed by atoms with Crippen LogP contribution in [0, 0.1) is 5.92 Å². The van der Waals surface area contributed by atoms with Crippen molar-refractivity contribution in [3.05, 3.63) is 24.3 Å². The van der Waals surface area contributed by atoms with Gasteiger partial charge in [0.05, 0.1) is 19.9 Å². The number of rotatable bonds is 5. The molecular formula is C14H19NO4. The largest absolute Gasteiger partial charge is 0.495 e. The maximum absolute atomic E-state index is 12.3. The van der Waals surface area contributed by atoms with E-state index in [0.29, 0.717) is 17.9 Å². The van der Waals surface area contributed by atoms with Gasteiger partial charge in [-0.2, -0.15) is 0 Å². The molecule has 19 heavy (non-hydrogen) atoms. The number of nitrogens with zero attached hydrogens (tertiary/aromatic N) is 1. The van der Waals surface area contributed by atoms with Crippen molar-refractivity contribution in [1.82, 2.24) is 0 Å². The van der Waals surface area contributed by atoms with Gasteiger partial charge < -0.3 is 14.4 Å². The fraction of sp³-hybridized carbons (Fsp3) is 0.429. The Hall–Kier alpha value is -2.04. The minimum absolute atomic E-state index is 0.307. The van der Waals surface area contributed by atoms with Gasteiger partial charge in [0.25, 0.3) is 0 Å². The highest BCUT2D eigenvalue weighted by Crippen LogP contribution is 2.28. The lowest BCUT2D eigenvalue weighted by atomic mass is 10.1. The van der Waals surface area contributed by atoms with Gasteiger partial charge in [-0.1, -0.05) is 19.1 Å². The first-order valence-electron chi connectivity index (χ1n) is 6.05. The van der Waals surface area contributed by atoms with Gasteiger partial charge in [0.1, 0.15) is 11.7 Å². The summed E-state index contributed by atoms with van der Waals surface area (Å²) in [5.41, 5.74) is 0.623. The van der Waals surface area contributed by atoms with Gasteiger partial charge in [-0.3, -0.25) is 9.59 Å². The number of hydrogen-bond acceptors (Lipinski definition) is 4. The molecule has 0 saturated carbocycles. The molecule has 1 rings (SSSR count). The summed E-state index contributed by atoms with van der Waals surface area (Å²) < 4.78 is 9.86. The summed E-state index contributed by atoms with van der Waals surface area (Å²) in [6, 6.07) is 7.15. The molecule has 0 aliphatic rings. The molecule has 5 heteroatoms. The van der Waals surface area contributed by atoms with E-state index in [-0.39, 0.29) is 5.91 Å². The van der Waals surface area contributed by atoms with E-state index in [4.69, 9.17) is 4.74 Å². The van der Waals surface area contributed by atoms with Crippen LogP contribution in [0.5, 0.6) is 5.75 Å². The van der Waals surface area contributed by atoms with E-state index in [1.807, 2.05) is 6.07 Å². The summed E-state index contributed by atoms with van der Waals surface area (Å²) in [5.74, 6) is -1.04. The molecule has 0 radical (unpaired) electrons. The normalized spacial score (nSPS) is 11.6. The van der Waals surface area contributed by atoms with Crippen molar-refractivity contribution in [1.29, 1.82) is 0 Å². The number of carbonyl (C=O) groups excluding carboxylic acids is 2. The Morgan fingerprint density at radius 2 is 1.89 bits per heavy atom. The Balaban J connectivity index is 3.01. The molecule has 0 N–H and O–H groups in total. The fourth-order valence-corrected chi connectivity index (χ4v) is 1.84. The molecule has 1 aromatic carbocycles. The van der Waals surface area contributed by atoms with Gasteiger partial charge in [-0.25, -0.2) is 0 Å². The number of anilines is 1. The molecule has 104 valence electrons. The second-order valence-corrected chi connectivity index (χ2v) is 4.05. The molecule has 1 unspecified atom stereocenters. The van der Waals surface area contributed by atoms with Crippen molar-refractivity contribution in [3.8, 4) is 5.75 Å². The molecule has 1 aromatic rings. The lowest BCUT2D eigenvalue weighted by molar-refractivity contribution is -0.149. The quantitative estimate of drug-likeness (QED) is 0.602. The number of carbonyl (C=O) groups is 2. The van der Waals surface area contributed by atoms with Gasteiger partial charge in [-0.05, 0) is 18.6 Å². The molecule has 0 aliphatic heterocycles. The Morgan fingerprint density at radius 1 is 1.26 bits per heavy atom. The summed E-state index contributed by atoms with van der Waals surface area (Å²) in [7, 11) is 4.43. The zero-order chi connectivity index (χ0) is 14.4. The standard InChI is InChI=1S/C14H19NO4/c1-5-10(14(17)19-4)13(16)15(2)11-8-6-7-9-12(11)18-3/h6-10H,5H2,1-4H3. The van der Waals surface area contributed by atoms with Crippen molar-refractivity contribution in [3.63, 3.8) is 0 Å². The summed E-state index contributed by atoms with van der Waals surface area (Å²) in [6.07, 6.45) is 0.394. The van der Waals surface area contributed by atoms with Gasteiger partial charge in [0.2, 0.25) is 5.91 Å². The highest BCUT2D eigenvalue weighted by molar-refractivity contribution is 6.06. The summed E-state index contributed by atoms with van der Waals surface area (Å²) in [5, 5.41) is 0. The van der Waals surface area contributed by atoms with E-state index >= 15 is 0 Å². The molecule has 0 saturated heterocycles. The Labute approximate surface area is 113 Å². The first-order chi connectivity index (χ1) is 9.06. The predicted octanol–water partition coefficient (Wildman–Crippen LogP) is 1.86. The first-order valence-corrected chi connectivity index (χ1v) is 6.05. The van der Waals surface area contributed by atoms with Crippen LogP contribution in [0.1, 0.15) is 13.3 Å². The van der Waals surface area contributed by atoms with E-state index in [0.717, 1.165) is 0 Å². The smallest absolute Gasteiger partial charge is 0.318 e. The van der Waals surface area contributed by atoms with Crippen molar-refractivity contribution in [2.45, 2.75) is 13.3 Å². The highest BCUT2D eigenvalue weighted by Gasteiger charge is 2.29. The van der Waals surface area contributed by atoms with E-state index in [9.17, 15) is 9.59 Å². The zero-order valence-corrected chi connectivity index (χ0v) is 11.7. The highest BCUT2D eigenvalue weighted by atomic mass is 16.5. The van der Waals surface area contributed by atoms with Gasteiger partial charge in [-0.15, -0.1) is 0 Å². The minimum atomic E-state index is -0.792. The van der Waals surface area contributed by atoms with E-state index in [2.05, 4.69) is 4.74 Å². The molecule has 5 nitrogen and oxygen atoms in total. The minimum Gasteiger partial charge on any atom is -0.495 e. The molecule has 0 spiro atoms. The number of esters is 1. The molecule has 0 heterocycles. The monoisotopic (exact) mass is 265 g/mol. The number of amides is 1. The first kappa shape index (κ1) is 15.0.